The Balaban J connectivity index is 2.77. The van der Waals surface area contributed by atoms with E-state index in [1.165, 1.54) is 18.5 Å². The molecule has 88 valence electrons. The van der Waals surface area contributed by atoms with Gasteiger partial charge in [0.25, 0.3) is 0 Å². The Morgan fingerprint density at radius 3 is 2.88 bits per heavy atom. The maximum atomic E-state index is 11.8. The molecule has 1 heterocycles. The van der Waals surface area contributed by atoms with Gasteiger partial charge in [0.15, 0.2) is 0 Å². The molecule has 1 atom stereocenters. The number of sulfonamides is 1. The molecule has 0 saturated heterocycles. The van der Waals surface area contributed by atoms with Gasteiger partial charge in [-0.25, -0.2) is 13.1 Å². The molecule has 0 aliphatic rings. The molecule has 1 aromatic rings. The first-order chi connectivity index (χ1) is 7.42. The van der Waals surface area contributed by atoms with E-state index in [9.17, 15) is 8.42 Å². The van der Waals surface area contributed by atoms with Crippen LogP contribution in [0.3, 0.4) is 0 Å². The predicted molar refractivity (Wildman–Crippen MR) is 60.6 cm³/mol. The average molecular weight is 242 g/mol. The number of rotatable bonds is 5. The first kappa shape index (κ1) is 12.6. The molecule has 1 unspecified atom stereocenters. The first-order valence-corrected chi connectivity index (χ1v) is 6.15. The molecule has 0 bridgehead atoms. The minimum Gasteiger partial charge on any atom is -0.388 e. The van der Waals surface area contributed by atoms with E-state index in [1.54, 1.807) is 13.0 Å². The highest BCUT2D eigenvalue weighted by atomic mass is 32.2. The van der Waals surface area contributed by atoms with Crippen molar-refractivity contribution >= 4 is 15.9 Å². The minimum atomic E-state index is -3.57. The molecule has 7 heteroatoms. The van der Waals surface area contributed by atoms with Crippen molar-refractivity contribution in [3.05, 3.63) is 24.5 Å². The van der Waals surface area contributed by atoms with Crippen LogP contribution < -0.4 is 10.5 Å². The molecule has 0 radical (unpaired) electrons. The first-order valence-electron chi connectivity index (χ1n) is 4.67. The van der Waals surface area contributed by atoms with Gasteiger partial charge in [-0.15, -0.1) is 0 Å². The van der Waals surface area contributed by atoms with Gasteiger partial charge in [-0.1, -0.05) is 0 Å². The molecule has 16 heavy (non-hydrogen) atoms. The monoisotopic (exact) mass is 242 g/mol. The number of nitrogens with zero attached hydrogens (tertiary/aromatic N) is 1. The van der Waals surface area contributed by atoms with Crippen LogP contribution in [0, 0.1) is 5.41 Å². The highest BCUT2D eigenvalue weighted by Crippen LogP contribution is 2.07. The number of nitrogens with two attached hydrogens (primary N) is 1. The average Bonchev–Trinajstić information content (AvgIpc) is 2.16. The van der Waals surface area contributed by atoms with Gasteiger partial charge in [0.05, 0.1) is 5.84 Å². The van der Waals surface area contributed by atoms with E-state index in [0.717, 1.165) is 0 Å². The molecule has 0 fully saturated rings. The maximum absolute atomic E-state index is 11.8. The van der Waals surface area contributed by atoms with Crippen molar-refractivity contribution in [2.45, 2.75) is 24.3 Å². The summed E-state index contributed by atoms with van der Waals surface area (Å²) in [4.78, 5) is 3.84. The Kier molecular flexibility index (Phi) is 3.97. The summed E-state index contributed by atoms with van der Waals surface area (Å²) in [6, 6.07) is 2.59. The van der Waals surface area contributed by atoms with Crippen molar-refractivity contribution in [1.82, 2.24) is 9.71 Å². The summed E-state index contributed by atoms with van der Waals surface area (Å²) < 4.78 is 25.9. The fraction of sp³-hybridized carbons (Fsp3) is 0.333. The van der Waals surface area contributed by atoms with Gasteiger partial charge >= 0.3 is 0 Å². The van der Waals surface area contributed by atoms with Crippen LogP contribution >= 0.6 is 0 Å². The Morgan fingerprint density at radius 1 is 1.69 bits per heavy atom. The third-order valence-electron chi connectivity index (χ3n) is 1.83. The Labute approximate surface area is 94.4 Å². The minimum absolute atomic E-state index is 0.0543. The summed E-state index contributed by atoms with van der Waals surface area (Å²) in [5.74, 6) is -0.0543. The molecule has 0 aliphatic carbocycles. The van der Waals surface area contributed by atoms with Gasteiger partial charge in [0, 0.05) is 24.9 Å². The normalized spacial score (nSPS) is 13.3. The lowest BCUT2D eigenvalue weighted by Gasteiger charge is -2.12. The summed E-state index contributed by atoms with van der Waals surface area (Å²) in [7, 11) is -3.57. The number of nitrogens with one attached hydrogen (secondary N) is 2. The predicted octanol–water partition coefficient (Wildman–Crippen LogP) is 0.0745. The summed E-state index contributed by atoms with van der Waals surface area (Å²) in [5, 5.41) is 7.07. The van der Waals surface area contributed by atoms with Crippen LogP contribution in [0.25, 0.3) is 0 Å². The summed E-state index contributed by atoms with van der Waals surface area (Å²) in [5.41, 5.74) is 5.19. The number of hydrogen-bond acceptors (Lipinski definition) is 4. The number of pyridine rings is 1. The Morgan fingerprint density at radius 2 is 2.38 bits per heavy atom. The molecular weight excluding hydrogens is 228 g/mol. The van der Waals surface area contributed by atoms with Crippen LogP contribution in [-0.4, -0.2) is 25.3 Å². The molecule has 0 spiro atoms. The van der Waals surface area contributed by atoms with Crippen LogP contribution in [0.2, 0.25) is 0 Å². The zero-order valence-corrected chi connectivity index (χ0v) is 9.66. The van der Waals surface area contributed by atoms with Gasteiger partial charge in [0.2, 0.25) is 10.0 Å². The SMILES string of the molecule is CC(CC(=N)N)NS(=O)(=O)c1cccnc1. The number of aromatic nitrogens is 1. The van der Waals surface area contributed by atoms with E-state index < -0.39 is 16.1 Å². The van der Waals surface area contributed by atoms with E-state index in [0.29, 0.717) is 0 Å². The van der Waals surface area contributed by atoms with E-state index in [4.69, 9.17) is 11.1 Å². The maximum Gasteiger partial charge on any atom is 0.242 e. The smallest absolute Gasteiger partial charge is 0.242 e. The lowest BCUT2D eigenvalue weighted by molar-refractivity contribution is 0.564. The van der Waals surface area contributed by atoms with Crippen molar-refractivity contribution in [1.29, 1.82) is 5.41 Å². The number of hydrogen-bond donors (Lipinski definition) is 3. The van der Waals surface area contributed by atoms with Gasteiger partial charge in [0.1, 0.15) is 4.90 Å². The third-order valence-corrected chi connectivity index (χ3v) is 3.40. The highest BCUT2D eigenvalue weighted by molar-refractivity contribution is 7.89. The van der Waals surface area contributed by atoms with Crippen molar-refractivity contribution < 1.29 is 8.42 Å². The largest absolute Gasteiger partial charge is 0.388 e. The second-order valence-electron chi connectivity index (χ2n) is 3.44. The molecule has 0 amide bonds. The highest BCUT2D eigenvalue weighted by Gasteiger charge is 2.17. The quantitative estimate of drug-likeness (QED) is 0.501. The molecule has 1 aromatic heterocycles. The third kappa shape index (κ3) is 3.59. The summed E-state index contributed by atoms with van der Waals surface area (Å²) in [6.45, 7) is 1.65. The van der Waals surface area contributed by atoms with E-state index >= 15 is 0 Å². The van der Waals surface area contributed by atoms with Crippen molar-refractivity contribution in [3.8, 4) is 0 Å². The second-order valence-corrected chi connectivity index (χ2v) is 5.15. The van der Waals surface area contributed by atoms with Gasteiger partial charge in [-0.05, 0) is 19.1 Å². The van der Waals surface area contributed by atoms with Gasteiger partial charge in [-0.2, -0.15) is 0 Å². The molecule has 0 saturated carbocycles. The van der Waals surface area contributed by atoms with Gasteiger partial charge < -0.3 is 5.73 Å². The summed E-state index contributed by atoms with van der Waals surface area (Å²) >= 11 is 0. The molecule has 4 N–H and O–H groups in total. The van der Waals surface area contributed by atoms with Crippen molar-refractivity contribution in [2.24, 2.45) is 5.73 Å². The Bertz CT molecular complexity index is 458. The zero-order valence-electron chi connectivity index (χ0n) is 8.84. The van der Waals surface area contributed by atoms with E-state index in [1.807, 2.05) is 0 Å². The standard InChI is InChI=1S/C9H14N4O2S/c1-7(5-9(10)11)13-16(14,15)8-3-2-4-12-6-8/h2-4,6-7,13H,5H2,1H3,(H3,10,11). The molecule has 1 rings (SSSR count). The number of amidine groups is 1. The van der Waals surface area contributed by atoms with Crippen molar-refractivity contribution in [3.63, 3.8) is 0 Å². The van der Waals surface area contributed by atoms with Crippen LogP contribution in [0.4, 0.5) is 0 Å². The fourth-order valence-corrected chi connectivity index (χ4v) is 2.42. The van der Waals surface area contributed by atoms with E-state index in [-0.39, 0.29) is 17.2 Å². The molecule has 0 aromatic carbocycles. The lowest BCUT2D eigenvalue weighted by Crippen LogP contribution is -2.35. The van der Waals surface area contributed by atoms with E-state index in [2.05, 4.69) is 9.71 Å². The zero-order chi connectivity index (χ0) is 12.2. The van der Waals surface area contributed by atoms with Gasteiger partial charge in [-0.3, -0.25) is 10.4 Å². The molecular formula is C9H14N4O2S. The Hall–Kier alpha value is -1.47. The van der Waals surface area contributed by atoms with Crippen LogP contribution in [0.15, 0.2) is 29.4 Å². The van der Waals surface area contributed by atoms with Crippen LogP contribution in [0.5, 0.6) is 0 Å². The summed E-state index contributed by atoms with van der Waals surface area (Å²) in [6.07, 6.45) is 2.94. The second kappa shape index (κ2) is 5.04. The molecule has 6 nitrogen and oxygen atoms in total. The topological polar surface area (TPSA) is 109 Å². The fourth-order valence-electron chi connectivity index (χ4n) is 1.21. The van der Waals surface area contributed by atoms with Crippen LogP contribution in [-0.2, 0) is 10.0 Å². The van der Waals surface area contributed by atoms with Crippen molar-refractivity contribution in [2.75, 3.05) is 0 Å². The molecule has 0 aliphatic heterocycles. The van der Waals surface area contributed by atoms with Crippen LogP contribution in [0.1, 0.15) is 13.3 Å². The lowest BCUT2D eigenvalue weighted by atomic mass is 10.2.